The summed E-state index contributed by atoms with van der Waals surface area (Å²) in [5.74, 6) is 3.78. The van der Waals surface area contributed by atoms with Crippen molar-refractivity contribution in [2.45, 2.75) is 68.2 Å². The largest absolute Gasteiger partial charge is 2.00 e. The molecule has 0 aliphatic heterocycles. The summed E-state index contributed by atoms with van der Waals surface area (Å²) in [7, 11) is 0. The van der Waals surface area contributed by atoms with Crippen LogP contribution in [-0.4, -0.2) is 24.5 Å². The fraction of sp³-hybridized carbons (Fsp3) is 0.240. The maximum Gasteiger partial charge on any atom is 2.00 e. The maximum absolute atomic E-state index is 6.76. The first-order valence-corrected chi connectivity index (χ1v) is 19.5. The van der Waals surface area contributed by atoms with Crippen molar-refractivity contribution < 1.29 is 50.3 Å². The Balaban J connectivity index is 0.00000293. The van der Waals surface area contributed by atoms with Crippen molar-refractivity contribution in [1.82, 2.24) is 24.5 Å². The molecule has 0 amide bonds. The van der Waals surface area contributed by atoms with Crippen molar-refractivity contribution >= 4 is 21.8 Å². The average molecular weight is 961 g/mol. The Labute approximate surface area is 375 Å². The van der Waals surface area contributed by atoms with Crippen LogP contribution in [0.5, 0.6) is 23.0 Å². The molecule has 0 N–H and O–H groups in total. The third-order valence-corrected chi connectivity index (χ3v) is 10.0. The topological polar surface area (TPSA) is 75.0 Å². The molecule has 4 heterocycles. The minimum atomic E-state index is 0. The summed E-state index contributed by atoms with van der Waals surface area (Å²) in [6.45, 7) is 17.3. The smallest absolute Gasteiger partial charge is 0.503 e. The molecule has 0 fully saturated rings. The van der Waals surface area contributed by atoms with Crippen molar-refractivity contribution in [3.8, 4) is 51.5 Å². The van der Waals surface area contributed by atoms with Gasteiger partial charge in [0.25, 0.3) is 0 Å². The van der Waals surface area contributed by atoms with Crippen LogP contribution in [0.25, 0.3) is 50.3 Å². The van der Waals surface area contributed by atoms with Gasteiger partial charge >= 0.3 is 40.8 Å². The van der Waals surface area contributed by atoms with Crippen LogP contribution in [0.4, 0.5) is 0 Å². The van der Waals surface area contributed by atoms with Crippen LogP contribution in [0.15, 0.2) is 91.5 Å². The Morgan fingerprint density at radius 2 is 0.983 bits per heavy atom. The fourth-order valence-corrected chi connectivity index (χ4v) is 7.35. The van der Waals surface area contributed by atoms with Gasteiger partial charge in [0.2, 0.25) is 5.95 Å². The van der Waals surface area contributed by atoms with Crippen LogP contribution in [-0.2, 0) is 53.7 Å². The van der Waals surface area contributed by atoms with Gasteiger partial charge in [-0.05, 0) is 43.4 Å². The quantitative estimate of drug-likeness (QED) is 0.0950. The predicted octanol–water partition coefficient (Wildman–Crippen LogP) is 12.1. The molecule has 302 valence electrons. The first kappa shape index (κ1) is 43.6. The molecule has 0 atom stereocenters. The SMILES string of the molecule is Cc1ccnc(-c2[c-]c(Oc3[c-]c4c(cc3)c3ccc(Oc5[c-]c(-c6cc(C)ccn6)cc(C)c5CC(C)C)[c-]c3n4-c3ncccn3)c(CC(C)C)c(C)c2)c1.[Pd+2].[Pd+2]. The van der Waals surface area contributed by atoms with Crippen molar-refractivity contribution in [1.29, 1.82) is 0 Å². The van der Waals surface area contributed by atoms with Crippen LogP contribution in [0.2, 0.25) is 0 Å². The van der Waals surface area contributed by atoms with E-state index in [9.17, 15) is 0 Å². The van der Waals surface area contributed by atoms with Gasteiger partial charge < -0.3 is 24.0 Å². The molecule has 9 heteroatoms. The molecular weight excluding hydrogens is 915 g/mol. The zero-order chi connectivity index (χ0) is 39.8. The Bertz CT molecular complexity index is 2590. The Hall–Kier alpha value is -5.02. The van der Waals surface area contributed by atoms with Gasteiger partial charge in [-0.1, -0.05) is 124 Å². The molecule has 7 nitrogen and oxygen atoms in total. The zero-order valence-electron chi connectivity index (χ0n) is 34.4. The van der Waals surface area contributed by atoms with Gasteiger partial charge in [0, 0.05) is 47.8 Å². The minimum absolute atomic E-state index is 0. The van der Waals surface area contributed by atoms with Crippen LogP contribution >= 0.6 is 0 Å². The number of hydrogen-bond donors (Lipinski definition) is 0. The van der Waals surface area contributed by atoms with Gasteiger partial charge in [-0.15, -0.1) is 58.7 Å². The van der Waals surface area contributed by atoms with E-state index in [2.05, 4.69) is 136 Å². The second kappa shape index (κ2) is 18.5. The molecular formula is C50H45N5O2Pd2. The van der Waals surface area contributed by atoms with Crippen molar-refractivity contribution in [3.05, 3.63) is 149 Å². The monoisotopic (exact) mass is 959 g/mol. The van der Waals surface area contributed by atoms with Gasteiger partial charge in [0.05, 0.1) is 0 Å². The number of nitrogens with zero attached hydrogens (tertiary/aromatic N) is 5. The summed E-state index contributed by atoms with van der Waals surface area (Å²) in [4.78, 5) is 18.6. The molecule has 0 aliphatic rings. The van der Waals surface area contributed by atoms with E-state index < -0.39 is 0 Å². The van der Waals surface area contributed by atoms with Crippen molar-refractivity contribution in [2.24, 2.45) is 11.8 Å². The summed E-state index contributed by atoms with van der Waals surface area (Å²) >= 11 is 0. The van der Waals surface area contributed by atoms with Crippen molar-refractivity contribution in [3.63, 3.8) is 0 Å². The first-order valence-electron chi connectivity index (χ1n) is 19.5. The molecule has 0 unspecified atom stereocenters. The van der Waals surface area contributed by atoms with E-state index in [1.54, 1.807) is 12.4 Å². The van der Waals surface area contributed by atoms with E-state index >= 15 is 0 Å². The van der Waals surface area contributed by atoms with Gasteiger partial charge in [-0.3, -0.25) is 0 Å². The van der Waals surface area contributed by atoms with E-state index in [-0.39, 0.29) is 40.8 Å². The Kier molecular flexibility index (Phi) is 13.7. The molecule has 0 saturated heterocycles. The number of pyridine rings is 2. The van der Waals surface area contributed by atoms with E-state index in [0.29, 0.717) is 40.8 Å². The summed E-state index contributed by atoms with van der Waals surface area (Å²) < 4.78 is 15.5. The molecule has 0 bridgehead atoms. The number of rotatable bonds is 11. The second-order valence-electron chi connectivity index (χ2n) is 15.7. The molecule has 4 aromatic heterocycles. The number of aromatic nitrogens is 5. The second-order valence-corrected chi connectivity index (χ2v) is 15.7. The summed E-state index contributed by atoms with van der Waals surface area (Å²) in [6.07, 6.45) is 8.83. The summed E-state index contributed by atoms with van der Waals surface area (Å²) in [5.41, 5.74) is 11.8. The minimum Gasteiger partial charge on any atom is -0.503 e. The van der Waals surface area contributed by atoms with Gasteiger partial charge in [-0.2, -0.15) is 22.9 Å². The van der Waals surface area contributed by atoms with Gasteiger partial charge in [-0.25, -0.2) is 9.97 Å². The maximum atomic E-state index is 6.76. The van der Waals surface area contributed by atoms with Crippen molar-refractivity contribution in [2.75, 3.05) is 0 Å². The molecule has 8 rings (SSSR count). The summed E-state index contributed by atoms with van der Waals surface area (Å²) in [6, 6.07) is 36.6. The average Bonchev–Trinajstić information content (AvgIpc) is 3.50. The molecule has 59 heavy (non-hydrogen) atoms. The van der Waals surface area contributed by atoms with Crippen LogP contribution in [0, 0.1) is 63.8 Å². The van der Waals surface area contributed by atoms with Crippen LogP contribution in [0.3, 0.4) is 0 Å². The molecule has 0 spiro atoms. The summed E-state index contributed by atoms with van der Waals surface area (Å²) in [5, 5.41) is 1.92. The van der Waals surface area contributed by atoms with E-state index in [1.165, 1.54) is 0 Å². The molecule has 0 aliphatic carbocycles. The van der Waals surface area contributed by atoms with E-state index in [4.69, 9.17) is 9.47 Å². The molecule has 0 saturated carbocycles. The van der Waals surface area contributed by atoms with Gasteiger partial charge in [0.15, 0.2) is 0 Å². The van der Waals surface area contributed by atoms with E-state index in [0.717, 1.165) is 90.5 Å². The van der Waals surface area contributed by atoms with Crippen LogP contribution < -0.4 is 9.47 Å². The third-order valence-electron chi connectivity index (χ3n) is 10.0. The third kappa shape index (κ3) is 9.41. The van der Waals surface area contributed by atoms with Crippen LogP contribution in [0.1, 0.15) is 61.1 Å². The number of aryl methyl sites for hydroxylation is 4. The number of ether oxygens (including phenoxy) is 2. The number of hydrogen-bond acceptors (Lipinski definition) is 6. The standard InChI is InChI=1S/C50H45N5O2.2Pd/c1-30(2)20-42-34(7)24-36(44-22-32(5)14-18-51-44)26-48(42)56-38-10-12-40-41-13-11-39(29-47(41)55(46(40)28-38)50-53-16-9-17-54-50)57-49-27-37(45-23-33(6)15-19-52-45)25-35(8)43(49)21-31(3)4;;/h9-19,22-25,30-31H,20-21H2,1-8H3;;/q-4;2*+2. The first-order chi connectivity index (χ1) is 27.5. The Morgan fingerprint density at radius 3 is 1.39 bits per heavy atom. The zero-order valence-corrected chi connectivity index (χ0v) is 37.5. The normalized spacial score (nSPS) is 11.2. The van der Waals surface area contributed by atoms with Gasteiger partial charge in [0.1, 0.15) is 0 Å². The van der Waals surface area contributed by atoms with E-state index in [1.807, 2.05) is 47.3 Å². The molecule has 0 radical (unpaired) electrons. The fourth-order valence-electron chi connectivity index (χ4n) is 7.35. The molecule has 4 aromatic carbocycles. The Morgan fingerprint density at radius 1 is 0.542 bits per heavy atom. The number of benzene rings is 4. The predicted molar refractivity (Wildman–Crippen MR) is 227 cm³/mol. The molecule has 8 aromatic rings. The number of fused-ring (bicyclic) bond motifs is 3.